The number of imidazole rings is 1. The highest BCUT2D eigenvalue weighted by molar-refractivity contribution is 5.77. The molecule has 0 unspecified atom stereocenters. The summed E-state index contributed by atoms with van der Waals surface area (Å²) in [6.07, 6.45) is 2.89. The fraction of sp³-hybridized carbons (Fsp3) is 0.350. The van der Waals surface area contributed by atoms with E-state index in [1.165, 1.54) is 27.8 Å². The summed E-state index contributed by atoms with van der Waals surface area (Å²) in [6.45, 7) is 10.1. The SMILES string of the molecule is Cc1cc(C)cc(OCCCn2cnc3cc(C)c(C)cc32)c1. The summed E-state index contributed by atoms with van der Waals surface area (Å²) in [5, 5.41) is 0. The van der Waals surface area contributed by atoms with Crippen molar-refractivity contribution < 1.29 is 4.74 Å². The predicted molar refractivity (Wildman–Crippen MR) is 95.2 cm³/mol. The van der Waals surface area contributed by atoms with Crippen LogP contribution >= 0.6 is 0 Å². The number of ether oxygens (including phenoxy) is 1. The molecule has 0 atom stereocenters. The van der Waals surface area contributed by atoms with Crippen LogP contribution < -0.4 is 4.74 Å². The largest absolute Gasteiger partial charge is 0.494 e. The highest BCUT2D eigenvalue weighted by Crippen LogP contribution is 2.19. The number of nitrogens with zero attached hydrogens (tertiary/aromatic N) is 2. The van der Waals surface area contributed by atoms with E-state index in [9.17, 15) is 0 Å². The quantitative estimate of drug-likeness (QED) is 0.637. The highest BCUT2D eigenvalue weighted by Gasteiger charge is 2.05. The van der Waals surface area contributed by atoms with Crippen LogP contribution in [0, 0.1) is 27.7 Å². The van der Waals surface area contributed by atoms with Crippen molar-refractivity contribution in [3.63, 3.8) is 0 Å². The van der Waals surface area contributed by atoms with Crippen LogP contribution in [0.25, 0.3) is 11.0 Å². The summed E-state index contributed by atoms with van der Waals surface area (Å²) >= 11 is 0. The Morgan fingerprint density at radius 1 is 0.913 bits per heavy atom. The van der Waals surface area contributed by atoms with Gasteiger partial charge in [-0.15, -0.1) is 0 Å². The van der Waals surface area contributed by atoms with Gasteiger partial charge in [0.15, 0.2) is 0 Å². The van der Waals surface area contributed by atoms with Gasteiger partial charge >= 0.3 is 0 Å². The molecule has 23 heavy (non-hydrogen) atoms. The maximum Gasteiger partial charge on any atom is 0.119 e. The summed E-state index contributed by atoms with van der Waals surface area (Å²) < 4.78 is 8.10. The summed E-state index contributed by atoms with van der Waals surface area (Å²) in [4.78, 5) is 4.50. The second-order valence-electron chi connectivity index (χ2n) is 6.39. The Bertz CT molecular complexity index is 813. The zero-order chi connectivity index (χ0) is 16.4. The van der Waals surface area contributed by atoms with Gasteiger partial charge in [-0.3, -0.25) is 0 Å². The number of benzene rings is 2. The zero-order valence-electron chi connectivity index (χ0n) is 14.4. The van der Waals surface area contributed by atoms with Crippen LogP contribution in [-0.4, -0.2) is 16.2 Å². The first-order chi connectivity index (χ1) is 11.0. The molecule has 1 aromatic heterocycles. The topological polar surface area (TPSA) is 27.1 Å². The molecule has 2 aromatic carbocycles. The van der Waals surface area contributed by atoms with Gasteiger partial charge in [-0.25, -0.2) is 4.98 Å². The molecule has 0 fully saturated rings. The van der Waals surface area contributed by atoms with Crippen molar-refractivity contribution in [3.05, 3.63) is 58.9 Å². The molecule has 0 bridgehead atoms. The van der Waals surface area contributed by atoms with E-state index in [-0.39, 0.29) is 0 Å². The normalized spacial score (nSPS) is 11.1. The van der Waals surface area contributed by atoms with Gasteiger partial charge in [-0.2, -0.15) is 0 Å². The van der Waals surface area contributed by atoms with Crippen LogP contribution in [-0.2, 0) is 6.54 Å². The molecule has 0 N–H and O–H groups in total. The van der Waals surface area contributed by atoms with Crippen LogP contribution in [0.4, 0.5) is 0 Å². The number of fused-ring (bicyclic) bond motifs is 1. The van der Waals surface area contributed by atoms with E-state index in [2.05, 4.69) is 67.6 Å². The average Bonchev–Trinajstić information content (AvgIpc) is 2.85. The molecule has 1 heterocycles. The lowest BCUT2D eigenvalue weighted by atomic mass is 10.1. The number of rotatable bonds is 5. The van der Waals surface area contributed by atoms with Gasteiger partial charge < -0.3 is 9.30 Å². The molecule has 120 valence electrons. The van der Waals surface area contributed by atoms with Crippen molar-refractivity contribution in [2.45, 2.75) is 40.7 Å². The molecule has 0 saturated heterocycles. The van der Waals surface area contributed by atoms with Gasteiger partial charge in [0, 0.05) is 6.54 Å². The maximum atomic E-state index is 5.89. The van der Waals surface area contributed by atoms with Crippen LogP contribution in [0.1, 0.15) is 28.7 Å². The third kappa shape index (κ3) is 3.55. The molecular weight excluding hydrogens is 284 g/mol. The van der Waals surface area contributed by atoms with E-state index in [0.717, 1.165) is 24.2 Å². The van der Waals surface area contributed by atoms with Gasteiger partial charge in [0.25, 0.3) is 0 Å². The molecule has 0 saturated carbocycles. The van der Waals surface area contributed by atoms with E-state index in [1.54, 1.807) is 0 Å². The van der Waals surface area contributed by atoms with Gasteiger partial charge in [0.1, 0.15) is 5.75 Å². The standard InChI is InChI=1S/C20H24N2O/c1-14-8-15(2)10-18(9-14)23-7-5-6-22-13-21-19-11-16(3)17(4)12-20(19)22/h8-13H,5-7H2,1-4H3. The summed E-state index contributed by atoms with van der Waals surface area (Å²) in [5.41, 5.74) is 7.37. The molecule has 3 rings (SSSR count). The minimum atomic E-state index is 0.716. The minimum Gasteiger partial charge on any atom is -0.494 e. The van der Waals surface area contributed by atoms with Crippen molar-refractivity contribution in [2.24, 2.45) is 0 Å². The van der Waals surface area contributed by atoms with Gasteiger partial charge in [-0.1, -0.05) is 6.07 Å². The number of aromatic nitrogens is 2. The van der Waals surface area contributed by atoms with Crippen molar-refractivity contribution in [1.29, 1.82) is 0 Å². The number of aryl methyl sites for hydroxylation is 5. The number of hydrogen-bond acceptors (Lipinski definition) is 2. The lowest BCUT2D eigenvalue weighted by molar-refractivity contribution is 0.302. The van der Waals surface area contributed by atoms with E-state index in [1.807, 2.05) is 6.33 Å². The Balaban J connectivity index is 1.62. The monoisotopic (exact) mass is 308 g/mol. The van der Waals surface area contributed by atoms with Crippen LogP contribution in [0.5, 0.6) is 5.75 Å². The highest BCUT2D eigenvalue weighted by atomic mass is 16.5. The molecule has 3 aromatic rings. The van der Waals surface area contributed by atoms with Gasteiger partial charge in [0.2, 0.25) is 0 Å². The average molecular weight is 308 g/mol. The van der Waals surface area contributed by atoms with Crippen molar-refractivity contribution in [3.8, 4) is 5.75 Å². The van der Waals surface area contributed by atoms with Crippen molar-refractivity contribution in [1.82, 2.24) is 9.55 Å². The molecule has 0 amide bonds. The summed E-state index contributed by atoms with van der Waals surface area (Å²) in [7, 11) is 0. The fourth-order valence-corrected chi connectivity index (χ4v) is 2.93. The summed E-state index contributed by atoms with van der Waals surface area (Å²) in [5.74, 6) is 0.962. The molecule has 0 radical (unpaired) electrons. The van der Waals surface area contributed by atoms with Crippen LogP contribution in [0.15, 0.2) is 36.7 Å². The van der Waals surface area contributed by atoms with E-state index in [4.69, 9.17) is 4.74 Å². The smallest absolute Gasteiger partial charge is 0.119 e. The fourth-order valence-electron chi connectivity index (χ4n) is 2.93. The Morgan fingerprint density at radius 3 is 2.35 bits per heavy atom. The molecule has 0 aliphatic heterocycles. The lowest BCUT2D eigenvalue weighted by Crippen LogP contribution is -2.04. The Kier molecular flexibility index (Phi) is 4.37. The number of hydrogen-bond donors (Lipinski definition) is 0. The first kappa shape index (κ1) is 15.6. The Hall–Kier alpha value is -2.29. The summed E-state index contributed by atoms with van der Waals surface area (Å²) in [6, 6.07) is 10.7. The predicted octanol–water partition coefficient (Wildman–Crippen LogP) is 4.74. The molecular formula is C20H24N2O. The van der Waals surface area contributed by atoms with Crippen molar-refractivity contribution >= 4 is 11.0 Å². The molecule has 0 aliphatic rings. The second kappa shape index (κ2) is 6.45. The third-order valence-electron chi connectivity index (χ3n) is 4.24. The molecule has 3 nitrogen and oxygen atoms in total. The van der Waals surface area contributed by atoms with Gasteiger partial charge in [0.05, 0.1) is 24.0 Å². The van der Waals surface area contributed by atoms with E-state index >= 15 is 0 Å². The second-order valence-corrected chi connectivity index (χ2v) is 6.39. The Labute approximate surface area is 137 Å². The van der Waals surface area contributed by atoms with Gasteiger partial charge in [-0.05, 0) is 80.6 Å². The van der Waals surface area contributed by atoms with Crippen molar-refractivity contribution in [2.75, 3.05) is 6.61 Å². The lowest BCUT2D eigenvalue weighted by Gasteiger charge is -2.09. The molecule has 0 aliphatic carbocycles. The van der Waals surface area contributed by atoms with Crippen LogP contribution in [0.3, 0.4) is 0 Å². The van der Waals surface area contributed by atoms with E-state index < -0.39 is 0 Å². The zero-order valence-corrected chi connectivity index (χ0v) is 14.4. The van der Waals surface area contributed by atoms with E-state index in [0.29, 0.717) is 6.61 Å². The molecule has 3 heteroatoms. The Morgan fingerprint density at radius 2 is 1.61 bits per heavy atom. The molecule has 0 spiro atoms. The minimum absolute atomic E-state index is 0.716. The first-order valence-corrected chi connectivity index (χ1v) is 8.16. The first-order valence-electron chi connectivity index (χ1n) is 8.16. The third-order valence-corrected chi connectivity index (χ3v) is 4.24. The van der Waals surface area contributed by atoms with Crippen LogP contribution in [0.2, 0.25) is 0 Å². The maximum absolute atomic E-state index is 5.89.